The Morgan fingerprint density at radius 2 is 2.00 bits per heavy atom. The number of imidazole rings is 1. The molecule has 0 aromatic carbocycles. The maximum atomic E-state index is 10.0. The first-order valence-corrected chi connectivity index (χ1v) is 7.66. The largest absolute Gasteiger partial charge is 0.388 e. The predicted octanol–water partition coefficient (Wildman–Crippen LogP) is 0.431. The lowest BCUT2D eigenvalue weighted by molar-refractivity contribution is -0.0162. The Hall–Kier alpha value is -1.77. The van der Waals surface area contributed by atoms with Crippen LogP contribution in [0.15, 0.2) is 12.7 Å². The van der Waals surface area contributed by atoms with Crippen LogP contribution in [0.3, 0.4) is 0 Å². The highest BCUT2D eigenvalue weighted by molar-refractivity contribution is 5.82. The first-order valence-electron chi connectivity index (χ1n) is 7.66. The number of nitrogens with one attached hydrogen (secondary N) is 1. The van der Waals surface area contributed by atoms with Gasteiger partial charge in [0.2, 0.25) is 0 Å². The molecule has 1 saturated heterocycles. The Morgan fingerprint density at radius 1 is 1.18 bits per heavy atom. The van der Waals surface area contributed by atoms with Gasteiger partial charge in [0, 0.05) is 6.04 Å². The fraction of sp³-hybridized carbons (Fsp3) is 0.643. The van der Waals surface area contributed by atoms with Crippen LogP contribution in [0.5, 0.6) is 0 Å². The van der Waals surface area contributed by atoms with E-state index in [1.54, 1.807) is 10.9 Å². The maximum Gasteiger partial charge on any atom is 0.167 e. The van der Waals surface area contributed by atoms with Crippen LogP contribution in [0.4, 0.5) is 5.82 Å². The van der Waals surface area contributed by atoms with E-state index in [9.17, 15) is 10.2 Å². The summed E-state index contributed by atoms with van der Waals surface area (Å²) in [5.41, 5.74) is 1.25. The maximum absolute atomic E-state index is 10.0. The summed E-state index contributed by atoms with van der Waals surface area (Å²) >= 11 is 0. The monoisotopic (exact) mass is 305 g/mol. The molecule has 8 nitrogen and oxygen atoms in total. The van der Waals surface area contributed by atoms with Gasteiger partial charge in [0.05, 0.1) is 12.9 Å². The van der Waals surface area contributed by atoms with Gasteiger partial charge in [-0.05, 0) is 12.8 Å². The molecule has 2 fully saturated rings. The SMILES string of the molecule is OC1COC(n2cnc3c(NC4CCCC4)ncnc32)C1O. The summed E-state index contributed by atoms with van der Waals surface area (Å²) in [4.78, 5) is 12.9. The van der Waals surface area contributed by atoms with E-state index >= 15 is 0 Å². The molecule has 1 aliphatic heterocycles. The lowest BCUT2D eigenvalue weighted by atomic mass is 10.2. The zero-order chi connectivity index (χ0) is 15.1. The molecule has 1 saturated carbocycles. The molecule has 3 heterocycles. The average Bonchev–Trinajstić information content (AvgIpc) is 3.23. The third-order valence-electron chi connectivity index (χ3n) is 4.45. The predicted molar refractivity (Wildman–Crippen MR) is 78.2 cm³/mol. The van der Waals surface area contributed by atoms with Crippen LogP contribution >= 0.6 is 0 Å². The first kappa shape index (κ1) is 13.9. The minimum Gasteiger partial charge on any atom is -0.388 e. The van der Waals surface area contributed by atoms with Crippen molar-refractivity contribution in [3.05, 3.63) is 12.7 Å². The molecule has 2 aromatic rings. The smallest absolute Gasteiger partial charge is 0.167 e. The van der Waals surface area contributed by atoms with Gasteiger partial charge in [-0.15, -0.1) is 0 Å². The van der Waals surface area contributed by atoms with E-state index in [-0.39, 0.29) is 6.61 Å². The molecule has 1 aliphatic carbocycles. The molecule has 3 N–H and O–H groups in total. The van der Waals surface area contributed by atoms with E-state index in [2.05, 4.69) is 20.3 Å². The molecule has 0 amide bonds. The molecule has 118 valence electrons. The van der Waals surface area contributed by atoms with E-state index < -0.39 is 18.4 Å². The lowest BCUT2D eigenvalue weighted by Gasteiger charge is -2.17. The number of nitrogens with zero attached hydrogens (tertiary/aromatic N) is 4. The normalized spacial score (nSPS) is 29.5. The van der Waals surface area contributed by atoms with E-state index in [1.165, 1.54) is 19.2 Å². The number of aliphatic hydroxyl groups is 2. The zero-order valence-electron chi connectivity index (χ0n) is 12.1. The van der Waals surface area contributed by atoms with Crippen LogP contribution in [-0.2, 0) is 4.74 Å². The Balaban J connectivity index is 1.67. The van der Waals surface area contributed by atoms with Gasteiger partial charge < -0.3 is 20.3 Å². The fourth-order valence-electron chi connectivity index (χ4n) is 3.24. The molecule has 2 aliphatic rings. The standard InChI is InChI=1S/C14H19N5O3/c20-9-5-22-14(11(9)21)19-7-17-10-12(15-6-16-13(10)19)18-8-3-1-2-4-8/h6-9,11,14,20-21H,1-5H2,(H,15,16,18). The molecular formula is C14H19N5O3. The molecule has 0 radical (unpaired) electrons. The molecule has 8 heteroatoms. The van der Waals surface area contributed by atoms with Gasteiger partial charge >= 0.3 is 0 Å². The quantitative estimate of drug-likeness (QED) is 0.755. The van der Waals surface area contributed by atoms with Gasteiger partial charge in [0.25, 0.3) is 0 Å². The highest BCUT2D eigenvalue weighted by Gasteiger charge is 2.37. The summed E-state index contributed by atoms with van der Waals surface area (Å²) in [6.45, 7) is 0.101. The molecule has 22 heavy (non-hydrogen) atoms. The van der Waals surface area contributed by atoms with Crippen LogP contribution in [0.25, 0.3) is 11.2 Å². The van der Waals surface area contributed by atoms with Crippen molar-refractivity contribution >= 4 is 17.0 Å². The summed E-state index contributed by atoms with van der Waals surface area (Å²) in [7, 11) is 0. The van der Waals surface area contributed by atoms with Gasteiger partial charge in [0.1, 0.15) is 18.5 Å². The van der Waals surface area contributed by atoms with Crippen LogP contribution in [0.1, 0.15) is 31.9 Å². The summed E-state index contributed by atoms with van der Waals surface area (Å²) in [6.07, 6.45) is 5.26. The molecule has 0 bridgehead atoms. The Kier molecular flexibility index (Phi) is 3.44. The fourth-order valence-corrected chi connectivity index (χ4v) is 3.24. The van der Waals surface area contributed by atoms with Crippen molar-refractivity contribution in [3.8, 4) is 0 Å². The average molecular weight is 305 g/mol. The lowest BCUT2D eigenvalue weighted by Crippen LogP contribution is -2.28. The Bertz CT molecular complexity index is 670. The number of hydrogen-bond donors (Lipinski definition) is 3. The minimum absolute atomic E-state index is 0.101. The molecular weight excluding hydrogens is 286 g/mol. The van der Waals surface area contributed by atoms with Crippen molar-refractivity contribution in [2.45, 2.75) is 50.2 Å². The van der Waals surface area contributed by atoms with E-state index in [4.69, 9.17) is 4.74 Å². The number of hydrogen-bond acceptors (Lipinski definition) is 7. The van der Waals surface area contributed by atoms with Crippen LogP contribution in [0, 0.1) is 0 Å². The molecule has 4 rings (SSSR count). The van der Waals surface area contributed by atoms with Crippen molar-refractivity contribution in [2.24, 2.45) is 0 Å². The number of anilines is 1. The number of ether oxygens (including phenoxy) is 1. The first-order chi connectivity index (χ1) is 10.7. The molecule has 3 atom stereocenters. The van der Waals surface area contributed by atoms with Gasteiger partial charge in [-0.25, -0.2) is 15.0 Å². The van der Waals surface area contributed by atoms with Crippen molar-refractivity contribution < 1.29 is 14.9 Å². The number of aliphatic hydroxyl groups excluding tert-OH is 2. The third-order valence-corrected chi connectivity index (χ3v) is 4.45. The number of rotatable bonds is 3. The van der Waals surface area contributed by atoms with Crippen LogP contribution in [0.2, 0.25) is 0 Å². The van der Waals surface area contributed by atoms with E-state index in [0.717, 1.165) is 12.8 Å². The highest BCUT2D eigenvalue weighted by Crippen LogP contribution is 2.29. The topological polar surface area (TPSA) is 105 Å². The molecule has 3 unspecified atom stereocenters. The molecule has 2 aromatic heterocycles. The molecule has 0 spiro atoms. The van der Waals surface area contributed by atoms with Crippen LogP contribution in [-0.4, -0.2) is 54.6 Å². The van der Waals surface area contributed by atoms with E-state index in [1.807, 2.05) is 0 Å². The number of fused-ring (bicyclic) bond motifs is 1. The minimum atomic E-state index is -0.987. The summed E-state index contributed by atoms with van der Waals surface area (Å²) in [5.74, 6) is 0.712. The third kappa shape index (κ3) is 2.23. The van der Waals surface area contributed by atoms with Crippen molar-refractivity contribution in [3.63, 3.8) is 0 Å². The second kappa shape index (κ2) is 5.45. The van der Waals surface area contributed by atoms with Gasteiger partial charge in [-0.1, -0.05) is 12.8 Å². The van der Waals surface area contributed by atoms with Gasteiger partial charge in [-0.3, -0.25) is 4.57 Å². The van der Waals surface area contributed by atoms with Crippen molar-refractivity contribution in [2.75, 3.05) is 11.9 Å². The Morgan fingerprint density at radius 3 is 2.73 bits per heavy atom. The second-order valence-corrected chi connectivity index (χ2v) is 5.95. The van der Waals surface area contributed by atoms with Crippen LogP contribution < -0.4 is 5.32 Å². The summed E-state index contributed by atoms with van der Waals surface area (Å²) in [6, 6.07) is 0.429. The van der Waals surface area contributed by atoms with Gasteiger partial charge in [0.15, 0.2) is 23.2 Å². The highest BCUT2D eigenvalue weighted by atomic mass is 16.5. The summed E-state index contributed by atoms with van der Waals surface area (Å²) in [5, 5.41) is 23.1. The number of aromatic nitrogens is 4. The zero-order valence-corrected chi connectivity index (χ0v) is 12.1. The van der Waals surface area contributed by atoms with Crippen molar-refractivity contribution in [1.82, 2.24) is 19.5 Å². The van der Waals surface area contributed by atoms with Gasteiger partial charge in [-0.2, -0.15) is 0 Å². The van der Waals surface area contributed by atoms with E-state index in [0.29, 0.717) is 23.0 Å². The second-order valence-electron chi connectivity index (χ2n) is 5.95. The van der Waals surface area contributed by atoms with Crippen molar-refractivity contribution in [1.29, 1.82) is 0 Å². The Labute approximate surface area is 127 Å². The summed E-state index contributed by atoms with van der Waals surface area (Å²) < 4.78 is 7.10.